The van der Waals surface area contributed by atoms with Crippen molar-refractivity contribution >= 4 is 17.8 Å². The molecule has 1 N–H and O–H groups in total. The minimum absolute atomic E-state index is 0.0263. The molecule has 9 nitrogen and oxygen atoms in total. The third-order valence-electron chi connectivity index (χ3n) is 9.56. The smallest absolute Gasteiger partial charge is 0.311 e. The lowest BCUT2D eigenvalue weighted by Gasteiger charge is -2.44. The fourth-order valence-electron chi connectivity index (χ4n) is 6.64. The number of esters is 1. The van der Waals surface area contributed by atoms with Crippen LogP contribution in [0.15, 0.2) is 29.2 Å². The minimum Gasteiger partial charge on any atom is -0.420 e. The lowest BCUT2D eigenvalue weighted by Crippen LogP contribution is -2.57. The van der Waals surface area contributed by atoms with Crippen LogP contribution in [0.2, 0.25) is 0 Å². The number of amides is 2. The van der Waals surface area contributed by atoms with Crippen molar-refractivity contribution in [1.29, 1.82) is 0 Å². The van der Waals surface area contributed by atoms with Crippen molar-refractivity contribution in [3.8, 4) is 5.75 Å². The molecule has 0 spiro atoms. The molecule has 0 bridgehead atoms. The second-order valence-corrected chi connectivity index (χ2v) is 13.5. The summed E-state index contributed by atoms with van der Waals surface area (Å²) in [4.78, 5) is 55.1. The van der Waals surface area contributed by atoms with Gasteiger partial charge < -0.3 is 24.3 Å². The van der Waals surface area contributed by atoms with Gasteiger partial charge in [-0.15, -0.1) is 0 Å². The van der Waals surface area contributed by atoms with E-state index in [1.54, 1.807) is 4.90 Å². The van der Waals surface area contributed by atoms with Crippen LogP contribution < -0.4 is 15.5 Å². The second kappa shape index (κ2) is 19.6. The topological polar surface area (TPSA) is 107 Å². The van der Waals surface area contributed by atoms with Crippen molar-refractivity contribution < 1.29 is 32.6 Å². The van der Waals surface area contributed by atoms with E-state index in [0.717, 1.165) is 25.3 Å². The number of unbranched alkanes of at least 4 members (excludes halogenated alkanes) is 14. The average molecular weight is 686 g/mol. The van der Waals surface area contributed by atoms with Crippen molar-refractivity contribution in [1.82, 2.24) is 14.8 Å². The Morgan fingerprint density at radius 2 is 1.53 bits per heavy atom. The van der Waals surface area contributed by atoms with Gasteiger partial charge in [0.15, 0.2) is 11.9 Å². The van der Waals surface area contributed by atoms with Gasteiger partial charge in [0.2, 0.25) is 11.2 Å². The first-order valence-electron chi connectivity index (χ1n) is 18.4. The van der Waals surface area contributed by atoms with E-state index >= 15 is 0 Å². The lowest BCUT2D eigenvalue weighted by molar-refractivity contribution is -0.134. The number of hydrogen-bond acceptors (Lipinski definition) is 6. The number of aromatic nitrogens is 1. The van der Waals surface area contributed by atoms with Crippen molar-refractivity contribution in [3.05, 3.63) is 63.1 Å². The SMILES string of the molecule is CCCCCCCCCCCCCCCCCC(=O)Oc1c2n(cc(C(=O)NCc3ccc(F)cc3F)c1=O)C[C@@H]1OCCC(C)N1C2=O. The number of pyridine rings is 1. The van der Waals surface area contributed by atoms with E-state index in [4.69, 9.17) is 9.47 Å². The van der Waals surface area contributed by atoms with Gasteiger partial charge in [0.05, 0.1) is 13.2 Å². The number of ether oxygens (including phenoxy) is 2. The number of carbonyl (C=O) groups excluding carboxylic acids is 3. The number of nitrogens with one attached hydrogen (secondary N) is 1. The summed E-state index contributed by atoms with van der Waals surface area (Å²) < 4.78 is 40.3. The number of nitrogens with zero attached hydrogens (tertiary/aromatic N) is 2. The maximum Gasteiger partial charge on any atom is 0.311 e. The van der Waals surface area contributed by atoms with Gasteiger partial charge in [-0.05, 0) is 25.8 Å². The van der Waals surface area contributed by atoms with Crippen LogP contribution in [0.1, 0.15) is 149 Å². The Bertz CT molecular complexity index is 1480. The highest BCUT2D eigenvalue weighted by Crippen LogP contribution is 2.30. The van der Waals surface area contributed by atoms with Crippen LogP contribution in [-0.2, 0) is 22.6 Å². The van der Waals surface area contributed by atoms with E-state index in [2.05, 4.69) is 12.2 Å². The standard InChI is InChI=1S/C38H53F2N3O6/c1-3-4-5-6-7-8-9-10-11-12-13-14-15-16-17-18-33(44)49-36-34-38(47)43-27(2)21-22-48-32(43)26-42(34)25-30(35(36)45)37(46)41-24-28-19-20-29(39)23-31(28)40/h19-20,23,25,27,32H,3-18,21-22,24,26H2,1-2H3,(H,41,46)/t27?,32-/m0/s1. The van der Waals surface area contributed by atoms with Crippen LogP contribution in [-0.4, -0.2) is 46.1 Å². The molecule has 3 heterocycles. The summed E-state index contributed by atoms with van der Waals surface area (Å²) in [5.41, 5.74) is -1.36. The molecule has 2 atom stereocenters. The molecule has 0 aliphatic carbocycles. The van der Waals surface area contributed by atoms with Gasteiger partial charge in [-0.2, -0.15) is 0 Å². The first kappa shape index (κ1) is 38.2. The zero-order valence-electron chi connectivity index (χ0n) is 29.2. The van der Waals surface area contributed by atoms with E-state index < -0.39 is 46.8 Å². The number of carbonyl (C=O) groups is 3. The van der Waals surface area contributed by atoms with Crippen LogP contribution in [0.3, 0.4) is 0 Å². The number of hydrogen-bond donors (Lipinski definition) is 1. The molecule has 1 aromatic heterocycles. The maximum absolute atomic E-state index is 14.2. The van der Waals surface area contributed by atoms with Crippen molar-refractivity contribution in [2.45, 2.75) is 148 Å². The quantitative estimate of drug-likeness (QED) is 0.113. The molecule has 1 saturated heterocycles. The molecule has 1 aromatic carbocycles. The second-order valence-electron chi connectivity index (χ2n) is 13.5. The van der Waals surface area contributed by atoms with Crippen molar-refractivity contribution in [3.63, 3.8) is 0 Å². The van der Waals surface area contributed by atoms with Crippen molar-refractivity contribution in [2.24, 2.45) is 0 Å². The van der Waals surface area contributed by atoms with E-state index in [0.29, 0.717) is 25.5 Å². The van der Waals surface area contributed by atoms with Gasteiger partial charge in [0, 0.05) is 36.8 Å². The van der Waals surface area contributed by atoms with Crippen LogP contribution in [0, 0.1) is 11.6 Å². The van der Waals surface area contributed by atoms with Gasteiger partial charge in [-0.3, -0.25) is 19.2 Å². The normalized spacial score (nSPS) is 17.1. The van der Waals surface area contributed by atoms with E-state index in [9.17, 15) is 28.0 Å². The Kier molecular flexibility index (Phi) is 15.2. The van der Waals surface area contributed by atoms with Crippen LogP contribution >= 0.6 is 0 Å². The van der Waals surface area contributed by atoms with Gasteiger partial charge >= 0.3 is 5.97 Å². The third-order valence-corrected chi connectivity index (χ3v) is 9.56. The zero-order valence-corrected chi connectivity index (χ0v) is 29.2. The molecule has 2 aliphatic heterocycles. The highest BCUT2D eigenvalue weighted by Gasteiger charge is 2.42. The molecule has 0 radical (unpaired) electrons. The highest BCUT2D eigenvalue weighted by atomic mass is 19.1. The molecule has 270 valence electrons. The Balaban J connectivity index is 1.32. The summed E-state index contributed by atoms with van der Waals surface area (Å²) in [7, 11) is 0. The zero-order chi connectivity index (χ0) is 35.2. The maximum atomic E-state index is 14.2. The molecule has 49 heavy (non-hydrogen) atoms. The summed E-state index contributed by atoms with van der Waals surface area (Å²) in [6.07, 6.45) is 19.2. The Morgan fingerprint density at radius 1 is 0.918 bits per heavy atom. The average Bonchev–Trinajstić information content (AvgIpc) is 3.07. The first-order valence-corrected chi connectivity index (χ1v) is 18.4. The van der Waals surface area contributed by atoms with Gasteiger partial charge in [-0.25, -0.2) is 8.78 Å². The summed E-state index contributed by atoms with van der Waals surface area (Å²) in [5.74, 6) is -4.11. The highest BCUT2D eigenvalue weighted by molar-refractivity contribution is 6.00. The third kappa shape index (κ3) is 10.9. The Hall–Kier alpha value is -3.60. The molecular formula is C38H53F2N3O6. The van der Waals surface area contributed by atoms with E-state index in [1.165, 1.54) is 87.5 Å². The van der Waals surface area contributed by atoms with E-state index in [-0.39, 0.29) is 42.4 Å². The van der Waals surface area contributed by atoms with Gasteiger partial charge in [0.1, 0.15) is 17.2 Å². The minimum atomic E-state index is -0.912. The summed E-state index contributed by atoms with van der Waals surface area (Å²) >= 11 is 0. The predicted molar refractivity (Wildman–Crippen MR) is 183 cm³/mol. The fourth-order valence-corrected chi connectivity index (χ4v) is 6.64. The molecule has 4 rings (SSSR count). The van der Waals surface area contributed by atoms with E-state index in [1.807, 2.05) is 6.92 Å². The molecule has 1 unspecified atom stereocenters. The Morgan fingerprint density at radius 3 is 2.14 bits per heavy atom. The van der Waals surface area contributed by atoms with Crippen LogP contribution in [0.25, 0.3) is 0 Å². The number of rotatable bonds is 20. The molecule has 0 saturated carbocycles. The predicted octanol–water partition coefficient (Wildman–Crippen LogP) is 7.81. The molecule has 1 fully saturated rings. The molecular weight excluding hydrogens is 632 g/mol. The number of benzene rings is 1. The molecule has 2 aromatic rings. The monoisotopic (exact) mass is 685 g/mol. The molecule has 2 amide bonds. The summed E-state index contributed by atoms with van der Waals surface area (Å²) in [6, 6.07) is 2.81. The molecule has 11 heteroatoms. The summed E-state index contributed by atoms with van der Waals surface area (Å²) in [6.45, 7) is 4.40. The lowest BCUT2D eigenvalue weighted by atomic mass is 10.0. The number of halogens is 2. The molecule has 2 aliphatic rings. The van der Waals surface area contributed by atoms with Crippen LogP contribution in [0.4, 0.5) is 8.78 Å². The Labute approximate surface area is 288 Å². The largest absolute Gasteiger partial charge is 0.420 e. The van der Waals surface area contributed by atoms with Crippen LogP contribution in [0.5, 0.6) is 5.75 Å². The van der Waals surface area contributed by atoms with Gasteiger partial charge in [0.25, 0.3) is 11.8 Å². The van der Waals surface area contributed by atoms with Crippen molar-refractivity contribution in [2.75, 3.05) is 6.61 Å². The number of fused-ring (bicyclic) bond motifs is 2. The fraction of sp³-hybridized carbons (Fsp3) is 0.632. The van der Waals surface area contributed by atoms with Gasteiger partial charge in [-0.1, -0.05) is 103 Å². The first-order chi connectivity index (χ1) is 23.7. The summed E-state index contributed by atoms with van der Waals surface area (Å²) in [5, 5.41) is 2.48.